The highest BCUT2D eigenvalue weighted by Crippen LogP contribution is 2.25. The molecule has 1 amide bonds. The number of fused-ring (bicyclic) bond motifs is 1. The molecule has 2 fully saturated rings. The van der Waals surface area contributed by atoms with Gasteiger partial charge in [0.05, 0.1) is 0 Å². The summed E-state index contributed by atoms with van der Waals surface area (Å²) in [6.07, 6.45) is 2.50. The van der Waals surface area contributed by atoms with Crippen LogP contribution >= 0.6 is 31.9 Å². The summed E-state index contributed by atoms with van der Waals surface area (Å²) in [7, 11) is 0. The smallest absolute Gasteiger partial charge is 0.254 e. The van der Waals surface area contributed by atoms with E-state index in [0.717, 1.165) is 34.1 Å². The van der Waals surface area contributed by atoms with Crippen molar-refractivity contribution in [3.8, 4) is 0 Å². The summed E-state index contributed by atoms with van der Waals surface area (Å²) in [6.45, 7) is 3.95. The maximum Gasteiger partial charge on any atom is 0.254 e. The Bertz CT molecular complexity index is 486. The van der Waals surface area contributed by atoms with E-state index in [-0.39, 0.29) is 5.91 Å². The number of nitrogens with zero attached hydrogens (tertiary/aromatic N) is 2. The van der Waals surface area contributed by atoms with E-state index in [1.54, 1.807) is 0 Å². The second-order valence-corrected chi connectivity index (χ2v) is 7.07. The lowest BCUT2D eigenvalue weighted by atomic mass is 10.1. The third kappa shape index (κ3) is 2.88. The molecule has 1 atom stereocenters. The van der Waals surface area contributed by atoms with Gasteiger partial charge in [0.1, 0.15) is 0 Å². The Balaban J connectivity index is 1.76. The van der Waals surface area contributed by atoms with E-state index < -0.39 is 0 Å². The number of halogens is 2. The summed E-state index contributed by atoms with van der Waals surface area (Å²) in [5, 5.41) is 0. The molecule has 0 spiro atoms. The van der Waals surface area contributed by atoms with Crippen LogP contribution in [0.4, 0.5) is 0 Å². The van der Waals surface area contributed by atoms with Gasteiger partial charge in [0, 0.05) is 40.2 Å². The molecule has 3 rings (SSSR count). The molecule has 1 aromatic rings. The Morgan fingerprint density at radius 3 is 2.58 bits per heavy atom. The SMILES string of the molecule is O=C(c1cc(Br)cc(Br)c1)N1CCN2CCCC2C1. The van der Waals surface area contributed by atoms with Gasteiger partial charge >= 0.3 is 0 Å². The highest BCUT2D eigenvalue weighted by molar-refractivity contribution is 9.11. The third-order valence-electron chi connectivity index (χ3n) is 3.98. The van der Waals surface area contributed by atoms with Crippen LogP contribution in [0.15, 0.2) is 27.1 Å². The van der Waals surface area contributed by atoms with E-state index in [1.165, 1.54) is 19.4 Å². The van der Waals surface area contributed by atoms with Gasteiger partial charge in [-0.05, 0) is 37.6 Å². The minimum absolute atomic E-state index is 0.147. The first-order valence-electron chi connectivity index (χ1n) is 6.63. The fourth-order valence-corrected chi connectivity index (χ4v) is 4.33. The van der Waals surface area contributed by atoms with Gasteiger partial charge in [0.25, 0.3) is 5.91 Å². The second kappa shape index (κ2) is 5.54. The first-order valence-corrected chi connectivity index (χ1v) is 8.21. The van der Waals surface area contributed by atoms with Crippen LogP contribution in [0.3, 0.4) is 0 Å². The predicted molar refractivity (Wildman–Crippen MR) is 82.3 cm³/mol. The number of rotatable bonds is 1. The molecule has 2 heterocycles. The zero-order valence-corrected chi connectivity index (χ0v) is 13.8. The second-order valence-electron chi connectivity index (χ2n) is 5.24. The quantitative estimate of drug-likeness (QED) is 0.739. The molecular formula is C14H16Br2N2O. The van der Waals surface area contributed by atoms with Crippen molar-refractivity contribution in [3.05, 3.63) is 32.7 Å². The lowest BCUT2D eigenvalue weighted by Crippen LogP contribution is -2.52. The molecule has 0 saturated carbocycles. The molecule has 3 nitrogen and oxygen atoms in total. The molecule has 0 radical (unpaired) electrons. The van der Waals surface area contributed by atoms with Gasteiger partial charge in [-0.2, -0.15) is 0 Å². The zero-order valence-electron chi connectivity index (χ0n) is 10.6. The topological polar surface area (TPSA) is 23.6 Å². The standard InChI is InChI=1S/C14H16Br2N2O/c15-11-6-10(7-12(16)8-11)14(19)18-5-4-17-3-1-2-13(17)9-18/h6-8,13H,1-5,9H2. The van der Waals surface area contributed by atoms with Crippen LogP contribution in [-0.2, 0) is 0 Å². The molecule has 5 heteroatoms. The molecular weight excluding hydrogens is 372 g/mol. The molecule has 1 unspecified atom stereocenters. The van der Waals surface area contributed by atoms with Gasteiger partial charge in [-0.25, -0.2) is 0 Å². The minimum Gasteiger partial charge on any atom is -0.336 e. The maximum atomic E-state index is 12.6. The lowest BCUT2D eigenvalue weighted by Gasteiger charge is -2.37. The van der Waals surface area contributed by atoms with Gasteiger partial charge in [-0.1, -0.05) is 31.9 Å². The van der Waals surface area contributed by atoms with E-state index in [1.807, 2.05) is 23.1 Å². The van der Waals surface area contributed by atoms with Crippen LogP contribution in [0.2, 0.25) is 0 Å². The average Bonchev–Trinajstić information content (AvgIpc) is 2.83. The first-order chi connectivity index (χ1) is 9.13. The number of amides is 1. The monoisotopic (exact) mass is 386 g/mol. The van der Waals surface area contributed by atoms with Gasteiger partial charge in [0.15, 0.2) is 0 Å². The fourth-order valence-electron chi connectivity index (χ4n) is 3.04. The van der Waals surface area contributed by atoms with Crippen molar-refractivity contribution >= 4 is 37.8 Å². The number of benzene rings is 1. The Morgan fingerprint density at radius 1 is 1.11 bits per heavy atom. The number of carbonyl (C=O) groups is 1. The van der Waals surface area contributed by atoms with E-state index in [0.29, 0.717) is 6.04 Å². The molecule has 2 aliphatic rings. The van der Waals surface area contributed by atoms with E-state index >= 15 is 0 Å². The Hall–Kier alpha value is -0.390. The molecule has 2 saturated heterocycles. The van der Waals surface area contributed by atoms with Crippen LogP contribution in [-0.4, -0.2) is 47.9 Å². The molecule has 1 aromatic carbocycles. The highest BCUT2D eigenvalue weighted by atomic mass is 79.9. The van der Waals surface area contributed by atoms with Crippen molar-refractivity contribution in [2.75, 3.05) is 26.2 Å². The number of piperazine rings is 1. The summed E-state index contributed by atoms with van der Waals surface area (Å²) in [5.41, 5.74) is 0.757. The summed E-state index contributed by atoms with van der Waals surface area (Å²) < 4.78 is 1.87. The highest BCUT2D eigenvalue weighted by Gasteiger charge is 2.32. The fraction of sp³-hybridized carbons (Fsp3) is 0.500. The third-order valence-corrected chi connectivity index (χ3v) is 4.90. The van der Waals surface area contributed by atoms with Crippen LogP contribution in [0.25, 0.3) is 0 Å². The largest absolute Gasteiger partial charge is 0.336 e. The van der Waals surface area contributed by atoms with Crippen molar-refractivity contribution in [2.45, 2.75) is 18.9 Å². The van der Waals surface area contributed by atoms with E-state index in [2.05, 4.69) is 36.8 Å². The van der Waals surface area contributed by atoms with Gasteiger partial charge < -0.3 is 4.90 Å². The van der Waals surface area contributed by atoms with Gasteiger partial charge in [-0.3, -0.25) is 9.69 Å². The molecule has 0 bridgehead atoms. The van der Waals surface area contributed by atoms with Crippen LogP contribution in [0.5, 0.6) is 0 Å². The normalized spacial score (nSPS) is 23.5. The van der Waals surface area contributed by atoms with Crippen molar-refractivity contribution in [1.82, 2.24) is 9.80 Å². The Kier molecular flexibility index (Phi) is 3.96. The first kappa shape index (κ1) is 13.6. The van der Waals surface area contributed by atoms with E-state index in [4.69, 9.17) is 0 Å². The number of hydrogen-bond donors (Lipinski definition) is 0. The average molecular weight is 388 g/mol. The predicted octanol–water partition coefficient (Wildman–Crippen LogP) is 3.13. The Morgan fingerprint density at radius 2 is 1.84 bits per heavy atom. The molecule has 0 aromatic heterocycles. The number of hydrogen-bond acceptors (Lipinski definition) is 2. The van der Waals surface area contributed by atoms with Crippen molar-refractivity contribution in [1.29, 1.82) is 0 Å². The van der Waals surface area contributed by atoms with Crippen LogP contribution < -0.4 is 0 Å². The van der Waals surface area contributed by atoms with Crippen molar-refractivity contribution in [2.24, 2.45) is 0 Å². The molecule has 19 heavy (non-hydrogen) atoms. The summed E-state index contributed by atoms with van der Waals surface area (Å²) in [4.78, 5) is 17.1. The van der Waals surface area contributed by atoms with Crippen LogP contribution in [0, 0.1) is 0 Å². The van der Waals surface area contributed by atoms with Crippen LogP contribution in [0.1, 0.15) is 23.2 Å². The summed E-state index contributed by atoms with van der Waals surface area (Å²) in [6, 6.07) is 6.32. The van der Waals surface area contributed by atoms with Crippen molar-refractivity contribution < 1.29 is 4.79 Å². The zero-order chi connectivity index (χ0) is 13.4. The number of carbonyl (C=O) groups excluding carboxylic acids is 1. The van der Waals surface area contributed by atoms with E-state index in [9.17, 15) is 4.79 Å². The lowest BCUT2D eigenvalue weighted by molar-refractivity contribution is 0.0571. The van der Waals surface area contributed by atoms with Crippen molar-refractivity contribution in [3.63, 3.8) is 0 Å². The molecule has 0 N–H and O–H groups in total. The maximum absolute atomic E-state index is 12.6. The molecule has 102 valence electrons. The van der Waals surface area contributed by atoms with Gasteiger partial charge in [-0.15, -0.1) is 0 Å². The molecule has 0 aliphatic carbocycles. The summed E-state index contributed by atoms with van der Waals surface area (Å²) in [5.74, 6) is 0.147. The van der Waals surface area contributed by atoms with Gasteiger partial charge in [0.2, 0.25) is 0 Å². The minimum atomic E-state index is 0.147. The summed E-state index contributed by atoms with van der Waals surface area (Å²) >= 11 is 6.88. The Labute approximate surface area is 130 Å². The molecule has 2 aliphatic heterocycles.